The van der Waals surface area contributed by atoms with E-state index in [2.05, 4.69) is 22.6 Å². The fourth-order valence-electron chi connectivity index (χ4n) is 2.82. The second kappa shape index (κ2) is 4.72. The maximum atomic E-state index is 12.2. The SMILES string of the molecule is CNCC1(C(=O)NC2CCN(C)C2)CCC1. The van der Waals surface area contributed by atoms with Gasteiger partial charge in [0.05, 0.1) is 5.41 Å². The predicted octanol–water partition coefficient (Wildman–Crippen LogP) is 0.196. The summed E-state index contributed by atoms with van der Waals surface area (Å²) < 4.78 is 0. The Bertz CT molecular complexity index is 263. The van der Waals surface area contributed by atoms with E-state index in [0.29, 0.717) is 6.04 Å². The van der Waals surface area contributed by atoms with Crippen molar-refractivity contribution in [3.8, 4) is 0 Å². The highest BCUT2D eigenvalue weighted by Gasteiger charge is 2.44. The fourth-order valence-corrected chi connectivity index (χ4v) is 2.82. The number of carbonyl (C=O) groups excluding carboxylic acids is 1. The van der Waals surface area contributed by atoms with Crippen LogP contribution in [0.4, 0.5) is 0 Å². The Kier molecular flexibility index (Phi) is 3.50. The Morgan fingerprint density at radius 1 is 1.50 bits per heavy atom. The summed E-state index contributed by atoms with van der Waals surface area (Å²) in [6.07, 6.45) is 4.38. The Balaban J connectivity index is 1.86. The van der Waals surface area contributed by atoms with Gasteiger partial charge in [0, 0.05) is 19.1 Å². The van der Waals surface area contributed by atoms with Crippen molar-refractivity contribution in [2.75, 3.05) is 33.7 Å². The molecule has 1 saturated heterocycles. The molecule has 1 amide bonds. The molecule has 0 bridgehead atoms. The first kappa shape index (κ1) is 11.9. The summed E-state index contributed by atoms with van der Waals surface area (Å²) in [6, 6.07) is 0.367. The van der Waals surface area contributed by atoms with Crippen molar-refractivity contribution in [3.63, 3.8) is 0 Å². The van der Waals surface area contributed by atoms with Gasteiger partial charge in [0.1, 0.15) is 0 Å². The average Bonchev–Trinajstić information content (AvgIpc) is 2.57. The maximum absolute atomic E-state index is 12.2. The normalized spacial score (nSPS) is 28.8. The first-order valence-electron chi connectivity index (χ1n) is 6.30. The van der Waals surface area contributed by atoms with Crippen molar-refractivity contribution >= 4 is 5.91 Å². The van der Waals surface area contributed by atoms with Crippen LogP contribution in [-0.2, 0) is 4.79 Å². The Labute approximate surface area is 97.8 Å². The lowest BCUT2D eigenvalue weighted by atomic mass is 9.68. The van der Waals surface area contributed by atoms with Crippen LogP contribution < -0.4 is 10.6 Å². The van der Waals surface area contributed by atoms with Crippen LogP contribution >= 0.6 is 0 Å². The van der Waals surface area contributed by atoms with Gasteiger partial charge in [0.2, 0.25) is 5.91 Å². The largest absolute Gasteiger partial charge is 0.352 e. The molecule has 0 radical (unpaired) electrons. The third-order valence-electron chi connectivity index (χ3n) is 4.03. The number of hydrogen-bond donors (Lipinski definition) is 2. The fraction of sp³-hybridized carbons (Fsp3) is 0.917. The molecule has 0 spiro atoms. The molecular weight excluding hydrogens is 202 g/mol. The van der Waals surface area contributed by atoms with Gasteiger partial charge in [0.15, 0.2) is 0 Å². The average molecular weight is 225 g/mol. The third kappa shape index (κ3) is 2.23. The number of hydrogen-bond acceptors (Lipinski definition) is 3. The van der Waals surface area contributed by atoms with Gasteiger partial charge in [-0.15, -0.1) is 0 Å². The Morgan fingerprint density at radius 3 is 2.69 bits per heavy atom. The summed E-state index contributed by atoms with van der Waals surface area (Å²) in [5.74, 6) is 0.272. The first-order valence-corrected chi connectivity index (χ1v) is 6.30. The molecule has 0 aromatic rings. The van der Waals surface area contributed by atoms with E-state index in [-0.39, 0.29) is 11.3 Å². The third-order valence-corrected chi connectivity index (χ3v) is 4.03. The van der Waals surface area contributed by atoms with Crippen LogP contribution in [0.1, 0.15) is 25.7 Å². The van der Waals surface area contributed by atoms with Crippen molar-refractivity contribution in [2.24, 2.45) is 5.41 Å². The zero-order chi connectivity index (χ0) is 11.6. The van der Waals surface area contributed by atoms with Crippen LogP contribution in [0.2, 0.25) is 0 Å². The summed E-state index contributed by atoms with van der Waals surface area (Å²) in [7, 11) is 4.04. The molecule has 1 heterocycles. The number of nitrogens with one attached hydrogen (secondary N) is 2. The highest BCUT2D eigenvalue weighted by molar-refractivity contribution is 5.84. The van der Waals surface area contributed by atoms with Crippen molar-refractivity contribution in [1.82, 2.24) is 15.5 Å². The number of likely N-dealkylation sites (N-methyl/N-ethyl adjacent to an activating group) is 1. The molecule has 2 N–H and O–H groups in total. The number of amides is 1. The minimum absolute atomic E-state index is 0.101. The van der Waals surface area contributed by atoms with E-state index < -0.39 is 0 Å². The summed E-state index contributed by atoms with van der Waals surface area (Å²) in [6.45, 7) is 2.92. The van der Waals surface area contributed by atoms with E-state index in [1.165, 1.54) is 6.42 Å². The van der Waals surface area contributed by atoms with Gasteiger partial charge in [-0.3, -0.25) is 4.79 Å². The van der Waals surface area contributed by atoms with Gasteiger partial charge < -0.3 is 15.5 Å². The number of carbonyl (C=O) groups is 1. The van der Waals surface area contributed by atoms with Crippen LogP contribution in [0, 0.1) is 5.41 Å². The Hall–Kier alpha value is -0.610. The molecule has 2 fully saturated rings. The van der Waals surface area contributed by atoms with Crippen LogP contribution in [0.5, 0.6) is 0 Å². The van der Waals surface area contributed by atoms with Gasteiger partial charge in [-0.25, -0.2) is 0 Å². The quantitative estimate of drug-likeness (QED) is 0.718. The molecule has 1 atom stereocenters. The molecule has 1 aliphatic carbocycles. The van der Waals surface area contributed by atoms with Crippen molar-refractivity contribution in [3.05, 3.63) is 0 Å². The van der Waals surface area contributed by atoms with Crippen LogP contribution in [0.3, 0.4) is 0 Å². The lowest BCUT2D eigenvalue weighted by Gasteiger charge is -2.40. The zero-order valence-electron chi connectivity index (χ0n) is 10.4. The molecule has 4 heteroatoms. The zero-order valence-corrected chi connectivity index (χ0v) is 10.4. The van der Waals surface area contributed by atoms with Gasteiger partial charge >= 0.3 is 0 Å². The second-order valence-corrected chi connectivity index (χ2v) is 5.39. The van der Waals surface area contributed by atoms with Crippen LogP contribution in [-0.4, -0.2) is 50.6 Å². The van der Waals surface area contributed by atoms with Crippen molar-refractivity contribution < 1.29 is 4.79 Å². The van der Waals surface area contributed by atoms with Crippen LogP contribution in [0.25, 0.3) is 0 Å². The number of nitrogens with zero attached hydrogens (tertiary/aromatic N) is 1. The van der Waals surface area contributed by atoms with Crippen molar-refractivity contribution in [1.29, 1.82) is 0 Å². The maximum Gasteiger partial charge on any atom is 0.227 e. The molecule has 4 nitrogen and oxygen atoms in total. The van der Waals surface area contributed by atoms with Gasteiger partial charge in [0.25, 0.3) is 0 Å². The van der Waals surface area contributed by atoms with Gasteiger partial charge in [-0.1, -0.05) is 6.42 Å². The molecule has 2 aliphatic rings. The molecule has 2 rings (SSSR count). The van der Waals surface area contributed by atoms with Crippen LogP contribution in [0.15, 0.2) is 0 Å². The van der Waals surface area contributed by atoms with E-state index >= 15 is 0 Å². The highest BCUT2D eigenvalue weighted by atomic mass is 16.2. The van der Waals surface area contributed by atoms with E-state index in [9.17, 15) is 4.79 Å². The molecule has 1 aliphatic heterocycles. The summed E-state index contributed by atoms with van der Waals surface area (Å²) in [5, 5.41) is 6.37. The molecular formula is C12H23N3O. The number of rotatable bonds is 4. The highest BCUT2D eigenvalue weighted by Crippen LogP contribution is 2.40. The van der Waals surface area contributed by atoms with E-state index in [1.807, 2.05) is 7.05 Å². The topological polar surface area (TPSA) is 44.4 Å². The number of likely N-dealkylation sites (tertiary alicyclic amines) is 1. The molecule has 1 unspecified atom stereocenters. The van der Waals surface area contributed by atoms with Gasteiger partial charge in [-0.2, -0.15) is 0 Å². The molecule has 92 valence electrons. The molecule has 16 heavy (non-hydrogen) atoms. The smallest absolute Gasteiger partial charge is 0.227 e. The van der Waals surface area contributed by atoms with E-state index in [1.54, 1.807) is 0 Å². The van der Waals surface area contributed by atoms with Gasteiger partial charge in [-0.05, 0) is 39.9 Å². The minimum atomic E-state index is -0.101. The summed E-state index contributed by atoms with van der Waals surface area (Å²) >= 11 is 0. The molecule has 1 saturated carbocycles. The van der Waals surface area contributed by atoms with E-state index in [4.69, 9.17) is 0 Å². The first-order chi connectivity index (χ1) is 7.66. The summed E-state index contributed by atoms with van der Waals surface area (Å²) in [5.41, 5.74) is -0.101. The standard InChI is InChI=1S/C12H23N3O/c1-13-9-12(5-3-6-12)11(16)14-10-4-7-15(2)8-10/h10,13H,3-9H2,1-2H3,(H,14,16). The molecule has 0 aromatic carbocycles. The monoisotopic (exact) mass is 225 g/mol. The Morgan fingerprint density at radius 2 is 2.25 bits per heavy atom. The summed E-state index contributed by atoms with van der Waals surface area (Å²) in [4.78, 5) is 14.5. The molecule has 0 aromatic heterocycles. The minimum Gasteiger partial charge on any atom is -0.352 e. The second-order valence-electron chi connectivity index (χ2n) is 5.39. The predicted molar refractivity (Wildman–Crippen MR) is 64.3 cm³/mol. The lowest BCUT2D eigenvalue weighted by Crippen LogP contribution is -2.53. The van der Waals surface area contributed by atoms with Crippen molar-refractivity contribution in [2.45, 2.75) is 31.7 Å². The van der Waals surface area contributed by atoms with E-state index in [0.717, 1.165) is 38.9 Å². The lowest BCUT2D eigenvalue weighted by molar-refractivity contribution is -0.136.